The number of hydrogen-bond acceptors (Lipinski definition) is 4. The number of amides is 2. The van der Waals surface area contributed by atoms with Gasteiger partial charge in [0.1, 0.15) is 12.6 Å². The molecular weight excluding hydrogens is 614 g/mol. The molecule has 0 aliphatic rings. The van der Waals surface area contributed by atoms with Gasteiger partial charge in [-0.2, -0.15) is 0 Å². The van der Waals surface area contributed by atoms with Crippen LogP contribution >= 0.6 is 27.5 Å². The molecule has 3 aromatic carbocycles. The van der Waals surface area contributed by atoms with E-state index in [1.54, 1.807) is 25.1 Å². The Balaban J connectivity index is 2.05. The number of anilines is 1. The summed E-state index contributed by atoms with van der Waals surface area (Å²) in [6, 6.07) is 21.0. The van der Waals surface area contributed by atoms with E-state index in [-0.39, 0.29) is 18.9 Å². The summed E-state index contributed by atoms with van der Waals surface area (Å²) in [5.74, 6) is -0.785. The van der Waals surface area contributed by atoms with Crippen molar-refractivity contribution in [3.8, 4) is 0 Å². The molecule has 1 N–H and O–H groups in total. The second-order valence-electron chi connectivity index (χ2n) is 9.65. The van der Waals surface area contributed by atoms with E-state index in [1.807, 2.05) is 61.5 Å². The van der Waals surface area contributed by atoms with Crippen molar-refractivity contribution in [2.24, 2.45) is 0 Å². The number of sulfonamides is 1. The number of halogens is 2. The van der Waals surface area contributed by atoms with E-state index in [9.17, 15) is 18.0 Å². The molecule has 10 heteroatoms. The third-order valence-corrected chi connectivity index (χ3v) is 8.62. The molecule has 0 aliphatic carbocycles. The number of nitrogens with zero attached hydrogens (tertiary/aromatic N) is 2. The molecule has 3 aromatic rings. The van der Waals surface area contributed by atoms with Crippen molar-refractivity contribution in [3.05, 3.63) is 99.0 Å². The Hall–Kier alpha value is -2.88. The summed E-state index contributed by atoms with van der Waals surface area (Å²) in [6.45, 7) is 3.87. The van der Waals surface area contributed by atoms with Gasteiger partial charge in [-0.15, -0.1) is 0 Å². The number of unbranched alkanes of at least 4 members (excludes halogenated alkanes) is 1. The van der Waals surface area contributed by atoms with Crippen molar-refractivity contribution in [1.82, 2.24) is 10.2 Å². The summed E-state index contributed by atoms with van der Waals surface area (Å²) < 4.78 is 27.8. The maximum atomic E-state index is 14.1. The number of carbonyl (C=O) groups excluding carboxylic acids is 2. The van der Waals surface area contributed by atoms with Crippen LogP contribution in [0.5, 0.6) is 0 Å². The number of benzene rings is 3. The summed E-state index contributed by atoms with van der Waals surface area (Å²) in [4.78, 5) is 29.2. The molecule has 0 bridgehead atoms. The highest BCUT2D eigenvalue weighted by Crippen LogP contribution is 2.28. The van der Waals surface area contributed by atoms with Crippen molar-refractivity contribution in [2.75, 3.05) is 23.7 Å². The van der Waals surface area contributed by atoms with Crippen molar-refractivity contribution in [3.63, 3.8) is 0 Å². The van der Waals surface area contributed by atoms with Crippen LogP contribution in [0.15, 0.2) is 77.3 Å². The fourth-order valence-corrected chi connectivity index (χ4v) is 5.64. The first kappa shape index (κ1) is 31.6. The molecule has 1 unspecified atom stereocenters. The van der Waals surface area contributed by atoms with Gasteiger partial charge in [-0.05, 0) is 54.3 Å². The van der Waals surface area contributed by atoms with Crippen LogP contribution in [0.2, 0.25) is 5.02 Å². The van der Waals surface area contributed by atoms with Crippen molar-refractivity contribution in [1.29, 1.82) is 0 Å². The summed E-state index contributed by atoms with van der Waals surface area (Å²) >= 11 is 9.73. The molecule has 0 saturated heterocycles. The Morgan fingerprint density at radius 1 is 0.975 bits per heavy atom. The third kappa shape index (κ3) is 8.81. The van der Waals surface area contributed by atoms with Crippen LogP contribution in [0.25, 0.3) is 0 Å². The lowest BCUT2D eigenvalue weighted by Crippen LogP contribution is -2.53. The highest BCUT2D eigenvalue weighted by Gasteiger charge is 2.33. The van der Waals surface area contributed by atoms with E-state index in [2.05, 4.69) is 21.2 Å². The maximum Gasteiger partial charge on any atom is 0.244 e. The van der Waals surface area contributed by atoms with E-state index in [1.165, 1.54) is 4.90 Å². The zero-order chi connectivity index (χ0) is 29.3. The summed E-state index contributed by atoms with van der Waals surface area (Å²) in [5.41, 5.74) is 2.55. The van der Waals surface area contributed by atoms with Crippen LogP contribution in [0.3, 0.4) is 0 Å². The minimum atomic E-state index is -3.87. The topological polar surface area (TPSA) is 86.8 Å². The van der Waals surface area contributed by atoms with Gasteiger partial charge < -0.3 is 10.2 Å². The van der Waals surface area contributed by atoms with E-state index in [4.69, 9.17) is 11.6 Å². The Labute approximate surface area is 250 Å². The molecular formula is C30H35BrClN3O4S. The third-order valence-electron chi connectivity index (χ3n) is 6.55. The molecule has 3 rings (SSSR count). The monoisotopic (exact) mass is 647 g/mol. The predicted molar refractivity (Wildman–Crippen MR) is 165 cm³/mol. The lowest BCUT2D eigenvalue weighted by Gasteiger charge is -2.34. The van der Waals surface area contributed by atoms with Gasteiger partial charge in [0.05, 0.1) is 11.9 Å². The van der Waals surface area contributed by atoms with Gasteiger partial charge in [-0.3, -0.25) is 13.9 Å². The Morgan fingerprint density at radius 2 is 1.65 bits per heavy atom. The Kier molecular flexibility index (Phi) is 11.6. The zero-order valence-electron chi connectivity index (χ0n) is 22.9. The van der Waals surface area contributed by atoms with E-state index < -0.39 is 28.5 Å². The number of hydrogen-bond donors (Lipinski definition) is 1. The lowest BCUT2D eigenvalue weighted by molar-refractivity contribution is -0.140. The van der Waals surface area contributed by atoms with Crippen LogP contribution < -0.4 is 9.62 Å². The summed E-state index contributed by atoms with van der Waals surface area (Å²) in [5, 5.41) is 3.37. The Morgan fingerprint density at radius 3 is 2.27 bits per heavy atom. The average molecular weight is 649 g/mol. The molecule has 40 heavy (non-hydrogen) atoms. The second-order valence-corrected chi connectivity index (χ2v) is 12.9. The van der Waals surface area contributed by atoms with Gasteiger partial charge in [0.25, 0.3) is 0 Å². The number of carbonyl (C=O) groups is 2. The molecule has 2 amide bonds. The number of rotatable bonds is 13. The van der Waals surface area contributed by atoms with Gasteiger partial charge in [0.15, 0.2) is 0 Å². The standard InChI is InChI=1S/C30H35BrClN3O4S/c1-4-5-18-33-30(37)28(19-23-10-7-6-8-11-23)34(20-24-14-16-25(31)17-15-24)29(36)21-35(40(3,38)39)27-13-9-12-26(32)22(27)2/h6-17,28H,4-5,18-21H2,1-3H3,(H,33,37). The first-order valence-corrected chi connectivity index (χ1v) is 16.1. The first-order valence-electron chi connectivity index (χ1n) is 13.1. The highest BCUT2D eigenvalue weighted by molar-refractivity contribution is 9.10. The van der Waals surface area contributed by atoms with E-state index in [0.717, 1.165) is 39.0 Å². The first-order chi connectivity index (χ1) is 19.0. The molecule has 0 aromatic heterocycles. The van der Waals surface area contributed by atoms with Crippen LogP contribution in [-0.4, -0.2) is 50.5 Å². The smallest absolute Gasteiger partial charge is 0.244 e. The molecule has 0 aliphatic heterocycles. The molecule has 1 atom stereocenters. The predicted octanol–water partition coefficient (Wildman–Crippen LogP) is 5.73. The average Bonchev–Trinajstić information content (AvgIpc) is 2.92. The molecule has 0 spiro atoms. The van der Waals surface area contributed by atoms with Gasteiger partial charge in [-0.25, -0.2) is 8.42 Å². The summed E-state index contributed by atoms with van der Waals surface area (Å²) in [6.07, 6.45) is 3.04. The highest BCUT2D eigenvalue weighted by atomic mass is 79.9. The zero-order valence-corrected chi connectivity index (χ0v) is 26.1. The fourth-order valence-electron chi connectivity index (χ4n) is 4.31. The molecule has 214 valence electrons. The normalized spacial score (nSPS) is 12.0. The SMILES string of the molecule is CCCCNC(=O)C(Cc1ccccc1)N(Cc1ccc(Br)cc1)C(=O)CN(c1cccc(Cl)c1C)S(C)(=O)=O. The van der Waals surface area contributed by atoms with Crippen molar-refractivity contribution >= 4 is 55.1 Å². The van der Waals surface area contributed by atoms with Crippen molar-refractivity contribution < 1.29 is 18.0 Å². The quantitative estimate of drug-likeness (QED) is 0.240. The minimum Gasteiger partial charge on any atom is -0.354 e. The van der Waals surface area contributed by atoms with E-state index in [0.29, 0.717) is 22.8 Å². The fraction of sp³-hybridized carbons (Fsp3) is 0.333. The van der Waals surface area contributed by atoms with Crippen LogP contribution in [-0.2, 0) is 32.6 Å². The largest absolute Gasteiger partial charge is 0.354 e. The minimum absolute atomic E-state index is 0.122. The lowest BCUT2D eigenvalue weighted by atomic mass is 10.0. The van der Waals surface area contributed by atoms with Gasteiger partial charge in [0.2, 0.25) is 21.8 Å². The maximum absolute atomic E-state index is 14.1. The van der Waals surface area contributed by atoms with Crippen LogP contribution in [0.4, 0.5) is 5.69 Å². The Bertz CT molecular complexity index is 1400. The van der Waals surface area contributed by atoms with Crippen LogP contribution in [0, 0.1) is 6.92 Å². The second kappa shape index (κ2) is 14.7. The molecule has 7 nitrogen and oxygen atoms in total. The number of nitrogens with one attached hydrogen (secondary N) is 1. The van der Waals surface area contributed by atoms with E-state index >= 15 is 0 Å². The summed E-state index contributed by atoms with van der Waals surface area (Å²) in [7, 11) is -3.87. The molecule has 0 fully saturated rings. The van der Waals surface area contributed by atoms with Gasteiger partial charge >= 0.3 is 0 Å². The molecule has 0 heterocycles. The van der Waals surface area contributed by atoms with Gasteiger partial charge in [-0.1, -0.05) is 89.4 Å². The van der Waals surface area contributed by atoms with Gasteiger partial charge in [0, 0.05) is 29.0 Å². The molecule has 0 radical (unpaired) electrons. The van der Waals surface area contributed by atoms with Crippen molar-refractivity contribution in [2.45, 2.75) is 45.7 Å². The van der Waals surface area contributed by atoms with Crippen LogP contribution in [0.1, 0.15) is 36.5 Å². The molecule has 0 saturated carbocycles.